The van der Waals surface area contributed by atoms with Crippen LogP contribution in [-0.4, -0.2) is 23.8 Å². The number of alkyl carbamates (subject to hydrolysis) is 1. The molecule has 2 N–H and O–H groups in total. The number of carbonyl (C=O) groups excluding carboxylic acids is 1. The molecule has 2 rings (SSSR count). The SMILES string of the molecule is CC(C)(C)OC(=O)NC1CC(NCc2sccc2Br)C1. The minimum absolute atomic E-state index is 0.231. The Labute approximate surface area is 132 Å². The number of rotatable bonds is 4. The van der Waals surface area contributed by atoms with Gasteiger partial charge in [0.25, 0.3) is 0 Å². The zero-order valence-corrected chi connectivity index (χ0v) is 14.4. The number of hydrogen-bond donors (Lipinski definition) is 2. The minimum Gasteiger partial charge on any atom is -0.444 e. The first-order valence-electron chi connectivity index (χ1n) is 6.78. The summed E-state index contributed by atoms with van der Waals surface area (Å²) in [6, 6.07) is 2.77. The van der Waals surface area contributed by atoms with Crippen LogP contribution in [0.2, 0.25) is 0 Å². The maximum atomic E-state index is 11.6. The second-order valence-electron chi connectivity index (χ2n) is 6.08. The number of halogens is 1. The largest absolute Gasteiger partial charge is 0.444 e. The summed E-state index contributed by atoms with van der Waals surface area (Å²) in [6.07, 6.45) is 1.60. The first-order valence-corrected chi connectivity index (χ1v) is 8.45. The highest BCUT2D eigenvalue weighted by atomic mass is 79.9. The molecule has 4 nitrogen and oxygen atoms in total. The van der Waals surface area contributed by atoms with Crippen LogP contribution in [0, 0.1) is 0 Å². The van der Waals surface area contributed by atoms with Crippen LogP contribution >= 0.6 is 27.3 Å². The van der Waals surface area contributed by atoms with Crippen LogP contribution in [0.3, 0.4) is 0 Å². The molecular weight excluding hydrogens is 340 g/mol. The Morgan fingerprint density at radius 1 is 1.45 bits per heavy atom. The summed E-state index contributed by atoms with van der Waals surface area (Å²) < 4.78 is 6.40. The Morgan fingerprint density at radius 3 is 2.70 bits per heavy atom. The number of ether oxygens (including phenoxy) is 1. The summed E-state index contributed by atoms with van der Waals surface area (Å²) in [5.41, 5.74) is -0.434. The topological polar surface area (TPSA) is 50.4 Å². The van der Waals surface area contributed by atoms with Crippen molar-refractivity contribution in [3.63, 3.8) is 0 Å². The van der Waals surface area contributed by atoms with Gasteiger partial charge in [-0.25, -0.2) is 4.79 Å². The summed E-state index contributed by atoms with van der Waals surface area (Å²) in [7, 11) is 0. The fourth-order valence-electron chi connectivity index (χ4n) is 2.06. The molecule has 0 aliphatic heterocycles. The van der Waals surface area contributed by atoms with Gasteiger partial charge in [0.05, 0.1) is 0 Å². The first-order chi connectivity index (χ1) is 9.33. The smallest absolute Gasteiger partial charge is 0.407 e. The van der Waals surface area contributed by atoms with Crippen molar-refractivity contribution in [2.75, 3.05) is 0 Å². The molecule has 1 aromatic heterocycles. The van der Waals surface area contributed by atoms with Crippen molar-refractivity contribution >= 4 is 33.4 Å². The van der Waals surface area contributed by atoms with Gasteiger partial charge in [-0.15, -0.1) is 11.3 Å². The van der Waals surface area contributed by atoms with Crippen molar-refractivity contribution in [3.05, 3.63) is 20.8 Å². The highest BCUT2D eigenvalue weighted by molar-refractivity contribution is 9.10. The standard InChI is InChI=1S/C14H21BrN2O2S/c1-14(2,3)19-13(18)17-10-6-9(7-10)16-8-12-11(15)4-5-20-12/h4-5,9-10,16H,6-8H2,1-3H3,(H,17,18). The maximum absolute atomic E-state index is 11.6. The third-order valence-corrected chi connectivity index (χ3v) is 5.03. The Kier molecular flexibility index (Phi) is 5.09. The van der Waals surface area contributed by atoms with Gasteiger partial charge >= 0.3 is 6.09 Å². The van der Waals surface area contributed by atoms with Crippen molar-refractivity contribution in [3.8, 4) is 0 Å². The highest BCUT2D eigenvalue weighted by Gasteiger charge is 2.31. The molecule has 1 aromatic rings. The third-order valence-electron chi connectivity index (χ3n) is 3.10. The van der Waals surface area contributed by atoms with Gasteiger partial charge < -0.3 is 15.4 Å². The number of nitrogens with one attached hydrogen (secondary N) is 2. The normalized spacial score (nSPS) is 22.2. The summed E-state index contributed by atoms with van der Waals surface area (Å²) in [4.78, 5) is 12.9. The zero-order valence-electron chi connectivity index (χ0n) is 12.0. The van der Waals surface area contributed by atoms with E-state index < -0.39 is 5.60 Å². The molecule has 1 fully saturated rings. The summed E-state index contributed by atoms with van der Waals surface area (Å²) in [5, 5.41) is 8.48. The highest BCUT2D eigenvalue weighted by Crippen LogP contribution is 2.25. The van der Waals surface area contributed by atoms with Gasteiger partial charge in [0.15, 0.2) is 0 Å². The molecule has 0 saturated heterocycles. The van der Waals surface area contributed by atoms with E-state index in [1.807, 2.05) is 20.8 Å². The second-order valence-corrected chi connectivity index (χ2v) is 7.94. The lowest BCUT2D eigenvalue weighted by molar-refractivity contribution is 0.0465. The predicted molar refractivity (Wildman–Crippen MR) is 85.0 cm³/mol. The number of hydrogen-bond acceptors (Lipinski definition) is 4. The van der Waals surface area contributed by atoms with Gasteiger partial charge in [0.2, 0.25) is 0 Å². The average Bonchev–Trinajstić information content (AvgIpc) is 2.64. The molecule has 0 unspecified atom stereocenters. The van der Waals surface area contributed by atoms with E-state index in [4.69, 9.17) is 4.74 Å². The Balaban J connectivity index is 1.63. The van der Waals surface area contributed by atoms with Crippen molar-refractivity contribution in [2.45, 2.75) is 57.8 Å². The fraction of sp³-hybridized carbons (Fsp3) is 0.643. The maximum Gasteiger partial charge on any atom is 0.407 e. The van der Waals surface area contributed by atoms with Crippen LogP contribution in [0.1, 0.15) is 38.5 Å². The van der Waals surface area contributed by atoms with Gasteiger partial charge in [-0.2, -0.15) is 0 Å². The van der Waals surface area contributed by atoms with Gasteiger partial charge in [-0.3, -0.25) is 0 Å². The van der Waals surface area contributed by atoms with Gasteiger partial charge in [0, 0.05) is 28.0 Å². The lowest BCUT2D eigenvalue weighted by Crippen LogP contribution is -2.52. The van der Waals surface area contributed by atoms with E-state index in [0.29, 0.717) is 6.04 Å². The van der Waals surface area contributed by atoms with Crippen LogP contribution in [-0.2, 0) is 11.3 Å². The summed E-state index contributed by atoms with van der Waals surface area (Å²) in [6.45, 7) is 6.49. The Bertz CT molecular complexity index is 464. The van der Waals surface area contributed by atoms with Crippen LogP contribution in [0.4, 0.5) is 4.79 Å². The molecular formula is C14H21BrN2O2S. The third kappa shape index (κ3) is 4.75. The predicted octanol–water partition coefficient (Wildman–Crippen LogP) is 3.66. The molecule has 0 radical (unpaired) electrons. The Morgan fingerprint density at radius 2 is 2.15 bits per heavy atom. The monoisotopic (exact) mass is 360 g/mol. The molecule has 0 atom stereocenters. The van der Waals surface area contributed by atoms with Gasteiger partial charge in [-0.05, 0) is 61.0 Å². The van der Waals surface area contributed by atoms with Crippen LogP contribution in [0.15, 0.2) is 15.9 Å². The molecule has 1 aliphatic carbocycles. The number of thiophene rings is 1. The quantitative estimate of drug-likeness (QED) is 0.861. The van der Waals surface area contributed by atoms with Gasteiger partial charge in [0.1, 0.15) is 5.60 Å². The van der Waals surface area contributed by atoms with Crippen molar-refractivity contribution < 1.29 is 9.53 Å². The average molecular weight is 361 g/mol. The van der Waals surface area contributed by atoms with Crippen LogP contribution in [0.25, 0.3) is 0 Å². The van der Waals surface area contributed by atoms with E-state index in [2.05, 4.69) is 38.0 Å². The van der Waals surface area contributed by atoms with E-state index in [1.54, 1.807) is 11.3 Å². The zero-order chi connectivity index (χ0) is 14.8. The molecule has 0 bridgehead atoms. The van der Waals surface area contributed by atoms with E-state index in [0.717, 1.165) is 23.9 Å². The van der Waals surface area contributed by atoms with Crippen LogP contribution in [0.5, 0.6) is 0 Å². The molecule has 112 valence electrons. The lowest BCUT2D eigenvalue weighted by Gasteiger charge is -2.36. The number of carbonyl (C=O) groups is 1. The van der Waals surface area contributed by atoms with Crippen molar-refractivity contribution in [1.82, 2.24) is 10.6 Å². The molecule has 0 spiro atoms. The van der Waals surface area contributed by atoms with Crippen molar-refractivity contribution in [2.24, 2.45) is 0 Å². The van der Waals surface area contributed by atoms with Gasteiger partial charge in [-0.1, -0.05) is 0 Å². The van der Waals surface area contributed by atoms with E-state index in [1.165, 1.54) is 4.88 Å². The molecule has 0 aromatic carbocycles. The summed E-state index contributed by atoms with van der Waals surface area (Å²) >= 11 is 5.27. The molecule has 20 heavy (non-hydrogen) atoms. The molecule has 1 saturated carbocycles. The second kappa shape index (κ2) is 6.45. The summed E-state index contributed by atoms with van der Waals surface area (Å²) in [5.74, 6) is 0. The number of amides is 1. The van der Waals surface area contributed by atoms with Crippen molar-refractivity contribution in [1.29, 1.82) is 0 Å². The minimum atomic E-state index is -0.434. The first kappa shape index (κ1) is 15.8. The van der Waals surface area contributed by atoms with E-state index >= 15 is 0 Å². The molecule has 1 amide bonds. The Hall–Kier alpha value is -0.590. The molecule has 1 heterocycles. The van der Waals surface area contributed by atoms with E-state index in [9.17, 15) is 4.79 Å². The molecule has 1 aliphatic rings. The molecule has 6 heteroatoms. The fourth-order valence-corrected chi connectivity index (χ4v) is 3.51. The van der Waals surface area contributed by atoms with Crippen LogP contribution < -0.4 is 10.6 Å². The van der Waals surface area contributed by atoms with E-state index in [-0.39, 0.29) is 12.1 Å². The lowest BCUT2D eigenvalue weighted by atomic mass is 9.87.